The molecule has 0 heterocycles. The monoisotopic (exact) mass is 452 g/mol. The van der Waals surface area contributed by atoms with Gasteiger partial charge in [0.25, 0.3) is 0 Å². The van der Waals surface area contributed by atoms with Crippen molar-refractivity contribution in [3.05, 3.63) is 71.0 Å². The second-order valence-electron chi connectivity index (χ2n) is 5.47. The van der Waals surface area contributed by atoms with Gasteiger partial charge < -0.3 is 10.2 Å². The fourth-order valence-corrected chi connectivity index (χ4v) is 2.36. The Morgan fingerprint density at radius 1 is 1.20 bits per heavy atom. The average molecular weight is 452 g/mol. The standard InChI is InChI=1S/C19H21FN4.HI/c1-3-22-19(23-13-16-7-4-6-15(10-16)12-21)24(2)14-17-8-5-9-18(20)11-17;/h4-11H,3,13-14H2,1-2H3,(H,22,23);1H. The average Bonchev–Trinajstić information content (AvgIpc) is 2.58. The lowest BCUT2D eigenvalue weighted by atomic mass is 10.1. The second kappa shape index (κ2) is 10.7. The van der Waals surface area contributed by atoms with Crippen LogP contribution in [0.15, 0.2) is 53.5 Å². The molecule has 2 aromatic carbocycles. The van der Waals surface area contributed by atoms with Gasteiger partial charge in [0.1, 0.15) is 5.82 Å². The van der Waals surface area contributed by atoms with Crippen molar-refractivity contribution in [2.24, 2.45) is 4.99 Å². The Kier molecular flexibility index (Phi) is 8.92. The first-order chi connectivity index (χ1) is 11.6. The molecule has 0 aliphatic heterocycles. The maximum atomic E-state index is 13.3. The summed E-state index contributed by atoms with van der Waals surface area (Å²) in [6.45, 7) is 3.78. The van der Waals surface area contributed by atoms with E-state index in [9.17, 15) is 4.39 Å². The second-order valence-corrected chi connectivity index (χ2v) is 5.47. The highest BCUT2D eigenvalue weighted by Crippen LogP contribution is 2.08. The Bertz CT molecular complexity index is 755. The van der Waals surface area contributed by atoms with Gasteiger partial charge in [0.2, 0.25) is 0 Å². The van der Waals surface area contributed by atoms with Crippen LogP contribution in [0.3, 0.4) is 0 Å². The Balaban J connectivity index is 0.00000312. The molecule has 0 radical (unpaired) electrons. The molecule has 0 fully saturated rings. The Labute approximate surface area is 165 Å². The Morgan fingerprint density at radius 3 is 2.60 bits per heavy atom. The highest BCUT2D eigenvalue weighted by molar-refractivity contribution is 14.0. The van der Waals surface area contributed by atoms with Gasteiger partial charge in [-0.15, -0.1) is 24.0 Å². The van der Waals surface area contributed by atoms with Gasteiger partial charge in [0, 0.05) is 20.1 Å². The molecule has 0 aromatic heterocycles. The van der Waals surface area contributed by atoms with E-state index in [0.717, 1.165) is 23.6 Å². The van der Waals surface area contributed by atoms with Crippen molar-refractivity contribution in [1.82, 2.24) is 10.2 Å². The van der Waals surface area contributed by atoms with E-state index in [2.05, 4.69) is 16.4 Å². The molecular formula is C19H22FIN4. The molecule has 6 heteroatoms. The molecule has 25 heavy (non-hydrogen) atoms. The van der Waals surface area contributed by atoms with Crippen molar-refractivity contribution >= 4 is 29.9 Å². The van der Waals surface area contributed by atoms with E-state index >= 15 is 0 Å². The molecule has 2 rings (SSSR count). The lowest BCUT2D eigenvalue weighted by Gasteiger charge is -2.22. The number of nitriles is 1. The van der Waals surface area contributed by atoms with Gasteiger partial charge in [-0.2, -0.15) is 5.26 Å². The number of rotatable bonds is 5. The predicted molar refractivity (Wildman–Crippen MR) is 109 cm³/mol. The van der Waals surface area contributed by atoms with Crippen molar-refractivity contribution in [3.63, 3.8) is 0 Å². The van der Waals surface area contributed by atoms with Gasteiger partial charge in [0.05, 0.1) is 18.2 Å². The summed E-state index contributed by atoms with van der Waals surface area (Å²) in [7, 11) is 1.91. The first kappa shape index (κ1) is 20.9. The maximum Gasteiger partial charge on any atom is 0.194 e. The van der Waals surface area contributed by atoms with Crippen LogP contribution < -0.4 is 5.32 Å². The Hall–Kier alpha value is -2.14. The van der Waals surface area contributed by atoms with Crippen molar-refractivity contribution in [3.8, 4) is 6.07 Å². The summed E-state index contributed by atoms with van der Waals surface area (Å²) < 4.78 is 13.3. The van der Waals surface area contributed by atoms with Gasteiger partial charge >= 0.3 is 0 Å². The van der Waals surface area contributed by atoms with Crippen LogP contribution in [-0.2, 0) is 13.1 Å². The maximum absolute atomic E-state index is 13.3. The third-order valence-corrected chi connectivity index (χ3v) is 3.47. The van der Waals surface area contributed by atoms with Gasteiger partial charge in [-0.05, 0) is 42.3 Å². The molecular weight excluding hydrogens is 430 g/mol. The molecule has 0 saturated heterocycles. The van der Waals surface area contributed by atoms with Gasteiger partial charge in [-0.3, -0.25) is 0 Å². The third kappa shape index (κ3) is 6.70. The smallest absolute Gasteiger partial charge is 0.194 e. The minimum atomic E-state index is -0.240. The van der Waals surface area contributed by atoms with E-state index in [0.29, 0.717) is 18.7 Å². The Morgan fingerprint density at radius 2 is 1.92 bits per heavy atom. The number of benzene rings is 2. The molecule has 0 saturated carbocycles. The van der Waals surface area contributed by atoms with Crippen LogP contribution in [0.4, 0.5) is 4.39 Å². The summed E-state index contributed by atoms with van der Waals surface area (Å²) in [5, 5.41) is 12.2. The van der Waals surface area contributed by atoms with E-state index < -0.39 is 0 Å². The quantitative estimate of drug-likeness (QED) is 0.425. The number of hydrogen-bond acceptors (Lipinski definition) is 2. The van der Waals surface area contributed by atoms with Gasteiger partial charge in [-0.25, -0.2) is 9.38 Å². The van der Waals surface area contributed by atoms with Crippen molar-refractivity contribution in [2.75, 3.05) is 13.6 Å². The molecule has 0 amide bonds. The topological polar surface area (TPSA) is 51.4 Å². The fraction of sp³-hybridized carbons (Fsp3) is 0.263. The van der Waals surface area contributed by atoms with E-state index in [4.69, 9.17) is 5.26 Å². The summed E-state index contributed by atoms with van der Waals surface area (Å²) in [6, 6.07) is 16.1. The van der Waals surface area contributed by atoms with E-state index in [1.165, 1.54) is 12.1 Å². The normalized spacial score (nSPS) is 10.6. The molecule has 0 bridgehead atoms. The molecule has 0 aliphatic rings. The van der Waals surface area contributed by atoms with Crippen LogP contribution in [0.5, 0.6) is 0 Å². The fourth-order valence-electron chi connectivity index (χ4n) is 2.36. The summed E-state index contributed by atoms with van der Waals surface area (Å²) >= 11 is 0. The van der Waals surface area contributed by atoms with Crippen LogP contribution in [-0.4, -0.2) is 24.5 Å². The molecule has 0 unspecified atom stereocenters. The summed E-state index contributed by atoms with van der Waals surface area (Å²) in [5.74, 6) is 0.500. The first-order valence-corrected chi connectivity index (χ1v) is 7.85. The molecule has 1 N–H and O–H groups in total. The number of nitrogens with zero attached hydrogens (tertiary/aromatic N) is 3. The van der Waals surface area contributed by atoms with Crippen LogP contribution in [0.1, 0.15) is 23.6 Å². The minimum Gasteiger partial charge on any atom is -0.357 e. The highest BCUT2D eigenvalue weighted by atomic mass is 127. The van der Waals surface area contributed by atoms with Crippen LogP contribution in [0.2, 0.25) is 0 Å². The lowest BCUT2D eigenvalue weighted by Crippen LogP contribution is -2.38. The number of guanidine groups is 1. The molecule has 0 spiro atoms. The summed E-state index contributed by atoms with van der Waals surface area (Å²) in [6.07, 6.45) is 0. The number of halogens is 2. The largest absolute Gasteiger partial charge is 0.357 e. The molecule has 2 aromatic rings. The summed E-state index contributed by atoms with van der Waals surface area (Å²) in [4.78, 5) is 6.56. The molecule has 0 aliphatic carbocycles. The highest BCUT2D eigenvalue weighted by Gasteiger charge is 2.07. The van der Waals surface area contributed by atoms with Crippen molar-refractivity contribution < 1.29 is 4.39 Å². The number of nitrogens with one attached hydrogen (secondary N) is 1. The molecule has 0 atom stereocenters. The number of hydrogen-bond donors (Lipinski definition) is 1. The zero-order chi connectivity index (χ0) is 17.4. The van der Waals surface area contributed by atoms with Gasteiger partial charge in [0.15, 0.2) is 5.96 Å². The van der Waals surface area contributed by atoms with Gasteiger partial charge in [-0.1, -0.05) is 24.3 Å². The zero-order valence-corrected chi connectivity index (χ0v) is 16.7. The molecule has 4 nitrogen and oxygen atoms in total. The zero-order valence-electron chi connectivity index (χ0n) is 14.4. The SMILES string of the molecule is CCNC(=NCc1cccc(C#N)c1)N(C)Cc1cccc(F)c1.I. The van der Waals surface area contributed by atoms with Crippen molar-refractivity contribution in [1.29, 1.82) is 5.26 Å². The first-order valence-electron chi connectivity index (χ1n) is 7.85. The summed E-state index contributed by atoms with van der Waals surface area (Å²) in [5.41, 5.74) is 2.49. The van der Waals surface area contributed by atoms with Crippen LogP contribution in [0.25, 0.3) is 0 Å². The lowest BCUT2D eigenvalue weighted by molar-refractivity contribution is 0.475. The van der Waals surface area contributed by atoms with E-state index in [-0.39, 0.29) is 29.8 Å². The van der Waals surface area contributed by atoms with E-state index in [1.807, 2.05) is 43.1 Å². The van der Waals surface area contributed by atoms with E-state index in [1.54, 1.807) is 12.1 Å². The number of aliphatic imine (C=N–C) groups is 1. The van der Waals surface area contributed by atoms with Crippen LogP contribution in [0, 0.1) is 17.1 Å². The van der Waals surface area contributed by atoms with Crippen molar-refractivity contribution in [2.45, 2.75) is 20.0 Å². The third-order valence-electron chi connectivity index (χ3n) is 3.47. The van der Waals surface area contributed by atoms with Crippen LogP contribution >= 0.6 is 24.0 Å². The molecule has 132 valence electrons. The predicted octanol–water partition coefficient (Wildman–Crippen LogP) is 3.91. The minimum absolute atomic E-state index is 0.